The second-order valence-electron chi connectivity index (χ2n) is 5.27. The standard InChI is InChI=1S/C15H20N4O2/c1-21-12-15(20)18-8-6-17(7-9-18)11-13-10-16-14-4-2-3-5-19(13)14/h2-5,10H,6-9,11-12H2,1H3. The Morgan fingerprint density at radius 1 is 1.29 bits per heavy atom. The first kappa shape index (κ1) is 14.0. The molecule has 0 bridgehead atoms. The first-order chi connectivity index (χ1) is 10.3. The number of methoxy groups -OCH3 is 1. The van der Waals surface area contributed by atoms with Gasteiger partial charge in [0.05, 0.1) is 11.9 Å². The third kappa shape index (κ3) is 3.06. The van der Waals surface area contributed by atoms with Crippen LogP contribution in [0.15, 0.2) is 30.6 Å². The van der Waals surface area contributed by atoms with Crippen molar-refractivity contribution in [2.24, 2.45) is 0 Å². The van der Waals surface area contributed by atoms with Crippen LogP contribution in [-0.4, -0.2) is 65.0 Å². The number of rotatable bonds is 4. The highest BCUT2D eigenvalue weighted by Gasteiger charge is 2.21. The molecule has 6 heteroatoms. The Bertz CT molecular complexity index is 617. The maximum Gasteiger partial charge on any atom is 0.248 e. The first-order valence-electron chi connectivity index (χ1n) is 7.18. The fraction of sp³-hybridized carbons (Fsp3) is 0.467. The zero-order chi connectivity index (χ0) is 14.7. The molecule has 1 amide bonds. The quantitative estimate of drug-likeness (QED) is 0.828. The maximum absolute atomic E-state index is 11.8. The van der Waals surface area contributed by atoms with Crippen molar-refractivity contribution in [2.45, 2.75) is 6.54 Å². The monoisotopic (exact) mass is 288 g/mol. The summed E-state index contributed by atoms with van der Waals surface area (Å²) in [5.41, 5.74) is 2.16. The molecule has 0 aromatic carbocycles. The van der Waals surface area contributed by atoms with Gasteiger partial charge in [0.2, 0.25) is 5.91 Å². The summed E-state index contributed by atoms with van der Waals surface area (Å²) in [6, 6.07) is 6.01. The summed E-state index contributed by atoms with van der Waals surface area (Å²) >= 11 is 0. The molecule has 3 heterocycles. The molecule has 0 unspecified atom stereocenters. The largest absolute Gasteiger partial charge is 0.375 e. The lowest BCUT2D eigenvalue weighted by Gasteiger charge is -2.34. The van der Waals surface area contributed by atoms with Crippen molar-refractivity contribution in [1.82, 2.24) is 19.2 Å². The zero-order valence-electron chi connectivity index (χ0n) is 12.2. The molecule has 1 fully saturated rings. The summed E-state index contributed by atoms with van der Waals surface area (Å²) < 4.78 is 7.01. The summed E-state index contributed by atoms with van der Waals surface area (Å²) in [6.45, 7) is 4.33. The van der Waals surface area contributed by atoms with Crippen LogP contribution in [0, 0.1) is 0 Å². The third-order valence-electron chi connectivity index (χ3n) is 3.87. The van der Waals surface area contributed by atoms with E-state index in [9.17, 15) is 4.79 Å². The lowest BCUT2D eigenvalue weighted by atomic mass is 10.3. The molecule has 0 saturated carbocycles. The molecule has 0 spiro atoms. The van der Waals surface area contributed by atoms with Gasteiger partial charge >= 0.3 is 0 Å². The summed E-state index contributed by atoms with van der Waals surface area (Å²) in [7, 11) is 1.55. The molecular weight excluding hydrogens is 268 g/mol. The molecule has 0 atom stereocenters. The number of carbonyl (C=O) groups excluding carboxylic acids is 1. The predicted molar refractivity (Wildman–Crippen MR) is 78.9 cm³/mol. The van der Waals surface area contributed by atoms with Crippen molar-refractivity contribution >= 4 is 11.6 Å². The average molecular weight is 288 g/mol. The molecule has 21 heavy (non-hydrogen) atoms. The number of pyridine rings is 1. The van der Waals surface area contributed by atoms with Gasteiger partial charge in [-0.1, -0.05) is 6.07 Å². The lowest BCUT2D eigenvalue weighted by molar-refractivity contribution is -0.136. The van der Waals surface area contributed by atoms with E-state index in [1.807, 2.05) is 35.5 Å². The number of aromatic nitrogens is 2. The van der Waals surface area contributed by atoms with Crippen LogP contribution < -0.4 is 0 Å². The van der Waals surface area contributed by atoms with Gasteiger partial charge in [0, 0.05) is 46.0 Å². The Morgan fingerprint density at radius 2 is 2.10 bits per heavy atom. The Hall–Kier alpha value is -1.92. The third-order valence-corrected chi connectivity index (χ3v) is 3.87. The summed E-state index contributed by atoms with van der Waals surface area (Å²) in [4.78, 5) is 20.4. The van der Waals surface area contributed by atoms with E-state index in [4.69, 9.17) is 4.74 Å². The average Bonchev–Trinajstić information content (AvgIpc) is 2.92. The molecule has 1 saturated heterocycles. The molecule has 112 valence electrons. The van der Waals surface area contributed by atoms with Crippen LogP contribution in [0.1, 0.15) is 5.69 Å². The number of ether oxygens (including phenoxy) is 1. The smallest absolute Gasteiger partial charge is 0.248 e. The Morgan fingerprint density at radius 3 is 2.86 bits per heavy atom. The highest BCUT2D eigenvalue weighted by molar-refractivity contribution is 5.77. The van der Waals surface area contributed by atoms with Crippen LogP contribution in [0.5, 0.6) is 0 Å². The molecule has 1 aliphatic rings. The van der Waals surface area contributed by atoms with E-state index >= 15 is 0 Å². The second-order valence-corrected chi connectivity index (χ2v) is 5.27. The van der Waals surface area contributed by atoms with E-state index in [0.29, 0.717) is 0 Å². The summed E-state index contributed by atoms with van der Waals surface area (Å²) in [5, 5.41) is 0. The molecule has 3 rings (SSSR count). The van der Waals surface area contributed by atoms with Crippen LogP contribution >= 0.6 is 0 Å². The Kier molecular flexibility index (Phi) is 4.17. The highest BCUT2D eigenvalue weighted by Crippen LogP contribution is 2.11. The van der Waals surface area contributed by atoms with Crippen LogP contribution in [-0.2, 0) is 16.1 Å². The number of carbonyl (C=O) groups is 1. The SMILES string of the molecule is COCC(=O)N1CCN(Cc2cnc3ccccn23)CC1. The Balaban J connectivity index is 1.59. The van der Waals surface area contributed by atoms with Crippen LogP contribution in [0.25, 0.3) is 5.65 Å². The number of fused-ring (bicyclic) bond motifs is 1. The van der Waals surface area contributed by atoms with E-state index in [-0.39, 0.29) is 12.5 Å². The van der Waals surface area contributed by atoms with Gasteiger partial charge in [-0.05, 0) is 12.1 Å². The number of hydrogen-bond acceptors (Lipinski definition) is 4. The molecule has 0 N–H and O–H groups in total. The number of piperazine rings is 1. The maximum atomic E-state index is 11.8. The van der Waals surface area contributed by atoms with Gasteiger partial charge in [0.25, 0.3) is 0 Å². The minimum Gasteiger partial charge on any atom is -0.375 e. The minimum absolute atomic E-state index is 0.0759. The fourth-order valence-electron chi connectivity index (χ4n) is 2.70. The minimum atomic E-state index is 0.0759. The van der Waals surface area contributed by atoms with Crippen molar-refractivity contribution in [3.8, 4) is 0 Å². The van der Waals surface area contributed by atoms with E-state index < -0.39 is 0 Å². The molecule has 2 aromatic heterocycles. The number of nitrogens with zero attached hydrogens (tertiary/aromatic N) is 4. The number of hydrogen-bond donors (Lipinski definition) is 0. The van der Waals surface area contributed by atoms with E-state index in [0.717, 1.165) is 38.4 Å². The van der Waals surface area contributed by atoms with Gasteiger partial charge in [0.15, 0.2) is 0 Å². The van der Waals surface area contributed by atoms with Crippen molar-refractivity contribution in [3.05, 3.63) is 36.3 Å². The number of imidazole rings is 1. The normalized spacial score (nSPS) is 16.5. The second kappa shape index (κ2) is 6.24. The van der Waals surface area contributed by atoms with E-state index in [2.05, 4.69) is 14.3 Å². The van der Waals surface area contributed by atoms with E-state index in [1.54, 1.807) is 7.11 Å². The van der Waals surface area contributed by atoms with Crippen molar-refractivity contribution in [1.29, 1.82) is 0 Å². The van der Waals surface area contributed by atoms with Gasteiger partial charge in [-0.2, -0.15) is 0 Å². The zero-order valence-corrected chi connectivity index (χ0v) is 12.2. The summed E-state index contributed by atoms with van der Waals surface area (Å²) in [6.07, 6.45) is 3.97. The van der Waals surface area contributed by atoms with Crippen LogP contribution in [0.2, 0.25) is 0 Å². The van der Waals surface area contributed by atoms with E-state index in [1.165, 1.54) is 5.69 Å². The van der Waals surface area contributed by atoms with Crippen molar-refractivity contribution in [2.75, 3.05) is 39.9 Å². The fourth-order valence-corrected chi connectivity index (χ4v) is 2.70. The Labute approximate surface area is 123 Å². The molecule has 6 nitrogen and oxygen atoms in total. The van der Waals surface area contributed by atoms with Gasteiger partial charge in [0.1, 0.15) is 12.3 Å². The van der Waals surface area contributed by atoms with Crippen molar-refractivity contribution < 1.29 is 9.53 Å². The molecular formula is C15H20N4O2. The molecule has 1 aliphatic heterocycles. The topological polar surface area (TPSA) is 50.1 Å². The molecule has 0 radical (unpaired) electrons. The molecule has 0 aliphatic carbocycles. The van der Waals surface area contributed by atoms with Gasteiger partial charge < -0.3 is 14.0 Å². The predicted octanol–water partition coefficient (Wildman–Crippen LogP) is 0.625. The van der Waals surface area contributed by atoms with Crippen LogP contribution in [0.4, 0.5) is 0 Å². The highest BCUT2D eigenvalue weighted by atomic mass is 16.5. The first-order valence-corrected chi connectivity index (χ1v) is 7.18. The van der Waals surface area contributed by atoms with Gasteiger partial charge in [-0.15, -0.1) is 0 Å². The molecule has 2 aromatic rings. The van der Waals surface area contributed by atoms with Crippen LogP contribution in [0.3, 0.4) is 0 Å². The van der Waals surface area contributed by atoms with Gasteiger partial charge in [-0.3, -0.25) is 9.69 Å². The lowest BCUT2D eigenvalue weighted by Crippen LogP contribution is -2.49. The van der Waals surface area contributed by atoms with Crippen molar-refractivity contribution in [3.63, 3.8) is 0 Å². The summed E-state index contributed by atoms with van der Waals surface area (Å²) in [5.74, 6) is 0.0759. The number of amides is 1. The van der Waals surface area contributed by atoms with Gasteiger partial charge in [-0.25, -0.2) is 4.98 Å².